The molecule has 0 atom stereocenters. The number of hydrogen-bond donors (Lipinski definition) is 3. The first kappa shape index (κ1) is 20.8. The van der Waals surface area contributed by atoms with Gasteiger partial charge in [0.15, 0.2) is 0 Å². The van der Waals surface area contributed by atoms with Crippen molar-refractivity contribution in [1.29, 1.82) is 0 Å². The number of aromatic nitrogens is 1. The maximum atomic E-state index is 13.7. The minimum Gasteiger partial charge on any atom is -0.358 e. The van der Waals surface area contributed by atoms with E-state index in [0.717, 1.165) is 30.9 Å². The molecule has 1 aromatic carbocycles. The molecule has 1 aliphatic rings. The van der Waals surface area contributed by atoms with Crippen LogP contribution in [0.5, 0.6) is 0 Å². The molecule has 3 N–H and O–H groups in total. The van der Waals surface area contributed by atoms with Crippen molar-refractivity contribution in [2.45, 2.75) is 27.7 Å². The van der Waals surface area contributed by atoms with Gasteiger partial charge in [0.2, 0.25) is 0 Å². The standard InChI is InChI=1S/C22H27FN4O2/c1-5-27(6-2)10-9-24-22(29)20-13(3)19(25-14(20)4)12-17-16-11-15(23)7-8-18(16)26-21(17)28/h7-8,11-12,25H,5-6,9-10H2,1-4H3,(H,24,29)(H,26,28)/b17-12-/i12+2. The van der Waals surface area contributed by atoms with Crippen molar-refractivity contribution in [3.63, 3.8) is 0 Å². The van der Waals surface area contributed by atoms with Crippen LogP contribution in [-0.4, -0.2) is 47.9 Å². The monoisotopic (exact) mass is 400 g/mol. The van der Waals surface area contributed by atoms with Crippen LogP contribution in [0.25, 0.3) is 11.6 Å². The Bertz CT molecular complexity index is 973. The zero-order chi connectivity index (χ0) is 21.1. The number of benzene rings is 1. The minimum absolute atomic E-state index is 0.143. The largest absolute Gasteiger partial charge is 0.358 e. The molecule has 2 heterocycles. The van der Waals surface area contributed by atoms with E-state index in [1.54, 1.807) is 12.1 Å². The van der Waals surface area contributed by atoms with Crippen LogP contribution in [0.3, 0.4) is 0 Å². The van der Waals surface area contributed by atoms with Gasteiger partial charge in [-0.05, 0) is 56.8 Å². The number of anilines is 1. The Balaban J connectivity index is 1.83. The van der Waals surface area contributed by atoms with Gasteiger partial charge in [-0.3, -0.25) is 9.59 Å². The average Bonchev–Trinajstić information content (AvgIpc) is 3.14. The molecule has 0 radical (unpaired) electrons. The first-order chi connectivity index (χ1) is 13.8. The lowest BCUT2D eigenvalue weighted by atomic mass is 10.1. The predicted molar refractivity (Wildman–Crippen MR) is 113 cm³/mol. The molecule has 0 saturated carbocycles. The highest BCUT2D eigenvalue weighted by Gasteiger charge is 2.26. The Morgan fingerprint density at radius 2 is 1.97 bits per heavy atom. The second kappa shape index (κ2) is 8.61. The zero-order valence-corrected chi connectivity index (χ0v) is 17.3. The van der Waals surface area contributed by atoms with Gasteiger partial charge in [0.25, 0.3) is 11.8 Å². The molecule has 0 spiro atoms. The number of nitrogens with one attached hydrogen (secondary N) is 3. The van der Waals surface area contributed by atoms with Crippen molar-refractivity contribution >= 4 is 29.2 Å². The van der Waals surface area contributed by atoms with Crippen molar-refractivity contribution < 1.29 is 14.0 Å². The molecule has 1 aromatic heterocycles. The molecule has 0 saturated heterocycles. The Kier molecular flexibility index (Phi) is 6.17. The summed E-state index contributed by atoms with van der Waals surface area (Å²) >= 11 is 0. The van der Waals surface area contributed by atoms with Crippen LogP contribution < -0.4 is 10.6 Å². The number of carbonyl (C=O) groups excluding carboxylic acids is 2. The van der Waals surface area contributed by atoms with E-state index in [9.17, 15) is 14.0 Å². The number of likely N-dealkylation sites (N-methyl/N-ethyl adjacent to an activating group) is 1. The third-order valence-electron chi connectivity index (χ3n) is 5.36. The number of carbonyl (C=O) groups is 2. The number of halogens is 1. The van der Waals surface area contributed by atoms with Crippen molar-refractivity contribution in [3.8, 4) is 0 Å². The fraction of sp³-hybridized carbons (Fsp3) is 0.364. The molecule has 7 heteroatoms. The Hall–Kier alpha value is -2.93. The molecule has 0 bridgehead atoms. The van der Waals surface area contributed by atoms with Gasteiger partial charge in [-0.25, -0.2) is 4.39 Å². The van der Waals surface area contributed by atoms with Crippen LogP contribution in [0.1, 0.15) is 46.7 Å². The summed E-state index contributed by atoms with van der Waals surface area (Å²) in [6, 6.07) is 4.20. The van der Waals surface area contributed by atoms with Gasteiger partial charge in [0, 0.05) is 35.7 Å². The van der Waals surface area contributed by atoms with Crippen molar-refractivity contribution in [3.05, 3.63) is 52.1 Å². The van der Waals surface area contributed by atoms with Gasteiger partial charge < -0.3 is 20.5 Å². The summed E-state index contributed by atoms with van der Waals surface area (Å²) in [6.07, 6.45) is 1.68. The Labute approximate surface area is 170 Å². The van der Waals surface area contributed by atoms with E-state index in [4.69, 9.17) is 0 Å². The summed E-state index contributed by atoms with van der Waals surface area (Å²) in [5.41, 5.74) is 4.20. The molecule has 0 fully saturated rings. The lowest BCUT2D eigenvalue weighted by molar-refractivity contribution is -0.110. The van der Waals surface area contributed by atoms with E-state index in [1.807, 2.05) is 13.8 Å². The number of aryl methyl sites for hydroxylation is 1. The molecule has 0 aliphatic carbocycles. The summed E-state index contributed by atoms with van der Waals surface area (Å²) in [5.74, 6) is -0.836. The Morgan fingerprint density at radius 3 is 2.66 bits per heavy atom. The maximum absolute atomic E-state index is 13.7. The van der Waals surface area contributed by atoms with Crippen molar-refractivity contribution in [2.75, 3.05) is 31.5 Å². The first-order valence-corrected chi connectivity index (χ1v) is 9.88. The summed E-state index contributed by atoms with van der Waals surface area (Å²) in [4.78, 5) is 30.5. The molecular weight excluding hydrogens is 373 g/mol. The van der Waals surface area contributed by atoms with Gasteiger partial charge in [0.05, 0.1) is 11.1 Å². The SMILES string of the molecule is CCN(CC)CCNC(=O)c1c(C)[nH]c(/[14CH]=C2\C(=O)Nc3ccc(F)cc32)c1C. The van der Waals surface area contributed by atoms with E-state index in [0.29, 0.717) is 34.6 Å². The smallest absolute Gasteiger partial charge is 0.256 e. The molecule has 154 valence electrons. The van der Waals surface area contributed by atoms with Gasteiger partial charge in [0.1, 0.15) is 5.82 Å². The zero-order valence-electron chi connectivity index (χ0n) is 17.3. The normalized spacial score (nSPS) is 14.4. The van der Waals surface area contributed by atoms with Gasteiger partial charge in [-0.15, -0.1) is 0 Å². The van der Waals surface area contributed by atoms with Crippen LogP contribution in [0, 0.1) is 19.7 Å². The van der Waals surface area contributed by atoms with Crippen LogP contribution in [0.2, 0.25) is 0 Å². The highest BCUT2D eigenvalue weighted by molar-refractivity contribution is 6.34. The molecule has 0 unspecified atom stereocenters. The predicted octanol–water partition coefficient (Wildman–Crippen LogP) is 3.33. The second-order valence-corrected chi connectivity index (χ2v) is 7.15. The molecular formula is C22H27FN4O2. The van der Waals surface area contributed by atoms with E-state index in [2.05, 4.69) is 34.4 Å². The van der Waals surface area contributed by atoms with Gasteiger partial charge >= 0.3 is 0 Å². The molecule has 2 aromatic rings. The third kappa shape index (κ3) is 4.24. The van der Waals surface area contributed by atoms with E-state index >= 15 is 0 Å². The Morgan fingerprint density at radius 1 is 1.24 bits per heavy atom. The maximum Gasteiger partial charge on any atom is 0.256 e. The number of nitrogens with zero attached hydrogens (tertiary/aromatic N) is 1. The second-order valence-electron chi connectivity index (χ2n) is 7.15. The quantitative estimate of drug-likeness (QED) is 0.624. The first-order valence-electron chi connectivity index (χ1n) is 9.88. The molecule has 2 amide bonds. The van der Waals surface area contributed by atoms with Crippen molar-refractivity contribution in [2.24, 2.45) is 0 Å². The van der Waals surface area contributed by atoms with E-state index in [-0.39, 0.29) is 11.8 Å². The number of fused-ring (bicyclic) bond motifs is 1. The fourth-order valence-corrected chi connectivity index (χ4v) is 3.66. The van der Waals surface area contributed by atoms with Crippen LogP contribution in [-0.2, 0) is 4.79 Å². The molecule has 29 heavy (non-hydrogen) atoms. The van der Waals surface area contributed by atoms with E-state index in [1.165, 1.54) is 12.1 Å². The molecule has 6 nitrogen and oxygen atoms in total. The van der Waals surface area contributed by atoms with Crippen LogP contribution in [0.15, 0.2) is 18.2 Å². The highest BCUT2D eigenvalue weighted by atomic mass is 19.1. The van der Waals surface area contributed by atoms with Crippen LogP contribution in [0.4, 0.5) is 10.1 Å². The topological polar surface area (TPSA) is 77.2 Å². The van der Waals surface area contributed by atoms with Crippen molar-refractivity contribution in [1.82, 2.24) is 15.2 Å². The number of aromatic amines is 1. The van der Waals surface area contributed by atoms with Gasteiger partial charge in [-0.1, -0.05) is 13.8 Å². The third-order valence-corrected chi connectivity index (χ3v) is 5.36. The average molecular weight is 400 g/mol. The number of amides is 2. The minimum atomic E-state index is -0.404. The number of H-pyrrole nitrogens is 1. The van der Waals surface area contributed by atoms with Gasteiger partial charge in [-0.2, -0.15) is 0 Å². The summed E-state index contributed by atoms with van der Waals surface area (Å²) in [7, 11) is 0. The molecule has 3 rings (SSSR count). The lowest BCUT2D eigenvalue weighted by Crippen LogP contribution is -2.35. The fourth-order valence-electron chi connectivity index (χ4n) is 3.66. The van der Waals surface area contributed by atoms with Crippen LogP contribution >= 0.6 is 0 Å². The van der Waals surface area contributed by atoms with E-state index < -0.39 is 5.82 Å². The summed E-state index contributed by atoms with van der Waals surface area (Å²) in [5, 5.41) is 5.70. The lowest BCUT2D eigenvalue weighted by Gasteiger charge is -2.18. The number of rotatable bonds is 7. The number of hydrogen-bond acceptors (Lipinski definition) is 3. The highest BCUT2D eigenvalue weighted by Crippen LogP contribution is 2.34. The summed E-state index contributed by atoms with van der Waals surface area (Å²) < 4.78 is 13.7. The summed E-state index contributed by atoms with van der Waals surface area (Å²) in [6.45, 7) is 11.1. The molecule has 1 aliphatic heterocycles.